The number of carbonyl (C=O) groups is 1. The molecular weight excluding hydrogens is 234 g/mol. The van der Waals surface area contributed by atoms with E-state index in [2.05, 4.69) is 0 Å². The van der Waals surface area contributed by atoms with Gasteiger partial charge in [-0.1, -0.05) is 13.0 Å². The second-order valence-electron chi connectivity index (χ2n) is 4.38. The maximum absolute atomic E-state index is 11.3. The fourth-order valence-electron chi connectivity index (χ4n) is 1.99. The highest BCUT2D eigenvalue weighted by Crippen LogP contribution is 2.18. The number of carboxylic acid groups (broad SMARTS) is 1. The highest BCUT2D eigenvalue weighted by atomic mass is 16.4. The molecule has 0 amide bonds. The van der Waals surface area contributed by atoms with Crippen LogP contribution in [0.3, 0.4) is 0 Å². The zero-order valence-electron chi connectivity index (χ0n) is 10.3. The molecule has 1 unspecified atom stereocenters. The molecule has 1 N–H and O–H groups in total. The smallest absolute Gasteiger partial charge is 0.419 e. The van der Waals surface area contributed by atoms with Gasteiger partial charge in [-0.3, -0.25) is 9.36 Å². The molecule has 1 aromatic heterocycles. The molecule has 0 aliphatic carbocycles. The van der Waals surface area contributed by atoms with Crippen LogP contribution in [0.1, 0.15) is 18.9 Å². The van der Waals surface area contributed by atoms with Crippen LogP contribution in [0.4, 0.5) is 0 Å². The number of fused-ring (bicyclic) bond motifs is 1. The summed E-state index contributed by atoms with van der Waals surface area (Å²) in [5.41, 5.74) is 2.11. The van der Waals surface area contributed by atoms with Crippen LogP contribution in [-0.2, 0) is 18.3 Å². The second kappa shape index (κ2) is 4.68. The topological polar surface area (TPSA) is 72.4 Å². The van der Waals surface area contributed by atoms with Crippen LogP contribution in [-0.4, -0.2) is 15.6 Å². The molecule has 0 spiro atoms. The molecule has 0 radical (unpaired) electrons. The number of nitrogens with zero attached hydrogens (tertiary/aromatic N) is 1. The van der Waals surface area contributed by atoms with Gasteiger partial charge in [-0.25, -0.2) is 4.79 Å². The highest BCUT2D eigenvalue weighted by Gasteiger charge is 2.16. The first kappa shape index (κ1) is 12.4. The minimum atomic E-state index is -0.793. The molecule has 0 aliphatic heterocycles. The molecular formula is C13H15NO4. The van der Waals surface area contributed by atoms with E-state index in [9.17, 15) is 9.59 Å². The van der Waals surface area contributed by atoms with Crippen LogP contribution in [0.15, 0.2) is 27.4 Å². The Balaban J connectivity index is 2.38. The first-order valence-corrected chi connectivity index (χ1v) is 5.84. The Morgan fingerprint density at radius 2 is 2.22 bits per heavy atom. The third kappa shape index (κ3) is 2.16. The number of rotatable bonds is 4. The van der Waals surface area contributed by atoms with E-state index < -0.39 is 17.6 Å². The minimum Gasteiger partial charge on any atom is -0.481 e. The number of hydrogen-bond acceptors (Lipinski definition) is 3. The van der Waals surface area contributed by atoms with Crippen LogP contribution in [0.25, 0.3) is 11.1 Å². The first-order chi connectivity index (χ1) is 8.52. The summed E-state index contributed by atoms with van der Waals surface area (Å²) in [6.07, 6.45) is 1.04. The molecule has 1 aromatic carbocycles. The molecule has 0 fully saturated rings. The SMILES string of the molecule is CCC(Cc1ccc2oc(=O)n(C)c2c1)C(=O)O. The predicted octanol–water partition coefficient (Wildman–Crippen LogP) is 1.78. The number of aryl methyl sites for hydroxylation is 1. The molecule has 2 aromatic rings. The fourth-order valence-corrected chi connectivity index (χ4v) is 1.99. The summed E-state index contributed by atoms with van der Waals surface area (Å²) in [6.45, 7) is 1.85. The van der Waals surface area contributed by atoms with Crippen LogP contribution in [0.5, 0.6) is 0 Å². The normalized spacial score (nSPS) is 12.8. The van der Waals surface area contributed by atoms with Gasteiger partial charge < -0.3 is 9.52 Å². The lowest BCUT2D eigenvalue weighted by Gasteiger charge is -2.09. The fraction of sp³-hybridized carbons (Fsp3) is 0.385. The third-order valence-electron chi connectivity index (χ3n) is 3.18. The van der Waals surface area contributed by atoms with Gasteiger partial charge in [0.2, 0.25) is 0 Å². The van der Waals surface area contributed by atoms with Crippen molar-refractivity contribution in [2.45, 2.75) is 19.8 Å². The Morgan fingerprint density at radius 1 is 1.50 bits per heavy atom. The average molecular weight is 249 g/mol. The third-order valence-corrected chi connectivity index (χ3v) is 3.18. The number of carboxylic acids is 1. The van der Waals surface area contributed by atoms with Gasteiger partial charge in [-0.15, -0.1) is 0 Å². The Kier molecular flexibility index (Phi) is 3.23. The van der Waals surface area contributed by atoms with E-state index in [0.29, 0.717) is 23.9 Å². The lowest BCUT2D eigenvalue weighted by molar-refractivity contribution is -0.141. The van der Waals surface area contributed by atoms with Crippen molar-refractivity contribution in [3.05, 3.63) is 34.3 Å². The molecule has 2 rings (SSSR count). The van der Waals surface area contributed by atoms with Crippen molar-refractivity contribution >= 4 is 17.1 Å². The average Bonchev–Trinajstić information content (AvgIpc) is 2.62. The Bertz CT molecular complexity index is 638. The van der Waals surface area contributed by atoms with E-state index >= 15 is 0 Å². The molecule has 5 heteroatoms. The molecule has 1 atom stereocenters. The molecule has 96 valence electrons. The van der Waals surface area contributed by atoms with Crippen molar-refractivity contribution in [2.75, 3.05) is 0 Å². The monoisotopic (exact) mass is 249 g/mol. The molecule has 0 saturated heterocycles. The van der Waals surface area contributed by atoms with Gasteiger partial charge in [0, 0.05) is 7.05 Å². The number of benzene rings is 1. The van der Waals surface area contributed by atoms with Gasteiger partial charge in [0.25, 0.3) is 0 Å². The molecule has 5 nitrogen and oxygen atoms in total. The van der Waals surface area contributed by atoms with Crippen LogP contribution < -0.4 is 5.76 Å². The second-order valence-corrected chi connectivity index (χ2v) is 4.38. The Labute approximate surface area is 104 Å². The summed E-state index contributed by atoms with van der Waals surface area (Å²) in [4.78, 5) is 22.3. The first-order valence-electron chi connectivity index (χ1n) is 5.84. The van der Waals surface area contributed by atoms with Crippen LogP contribution in [0.2, 0.25) is 0 Å². The largest absolute Gasteiger partial charge is 0.481 e. The summed E-state index contributed by atoms with van der Waals surface area (Å²) < 4.78 is 6.44. The van der Waals surface area contributed by atoms with Gasteiger partial charge >= 0.3 is 11.7 Å². The van der Waals surface area contributed by atoms with Crippen molar-refractivity contribution in [1.82, 2.24) is 4.57 Å². The van der Waals surface area contributed by atoms with E-state index in [0.717, 1.165) is 5.56 Å². The van der Waals surface area contributed by atoms with E-state index in [-0.39, 0.29) is 0 Å². The Morgan fingerprint density at radius 3 is 2.83 bits per heavy atom. The molecule has 0 bridgehead atoms. The number of aliphatic carboxylic acids is 1. The van der Waals surface area contributed by atoms with Crippen molar-refractivity contribution in [1.29, 1.82) is 0 Å². The maximum atomic E-state index is 11.3. The van der Waals surface area contributed by atoms with Gasteiger partial charge in [-0.05, 0) is 30.5 Å². The minimum absolute atomic E-state index is 0.397. The van der Waals surface area contributed by atoms with E-state index in [1.165, 1.54) is 4.57 Å². The maximum Gasteiger partial charge on any atom is 0.419 e. The van der Waals surface area contributed by atoms with Gasteiger partial charge in [-0.2, -0.15) is 0 Å². The zero-order chi connectivity index (χ0) is 13.3. The molecule has 0 aliphatic rings. The van der Waals surface area contributed by atoms with Crippen molar-refractivity contribution in [2.24, 2.45) is 13.0 Å². The van der Waals surface area contributed by atoms with Gasteiger partial charge in [0.15, 0.2) is 5.58 Å². The summed E-state index contributed by atoms with van der Waals surface area (Å²) >= 11 is 0. The van der Waals surface area contributed by atoms with E-state index in [1.54, 1.807) is 19.2 Å². The van der Waals surface area contributed by atoms with E-state index in [1.807, 2.05) is 13.0 Å². The molecule has 18 heavy (non-hydrogen) atoms. The number of hydrogen-bond donors (Lipinski definition) is 1. The van der Waals surface area contributed by atoms with Gasteiger partial charge in [0.05, 0.1) is 11.4 Å². The van der Waals surface area contributed by atoms with Crippen LogP contribution >= 0.6 is 0 Å². The van der Waals surface area contributed by atoms with Crippen molar-refractivity contribution in [3.63, 3.8) is 0 Å². The summed E-state index contributed by atoms with van der Waals surface area (Å²) in [6, 6.07) is 5.32. The quantitative estimate of drug-likeness (QED) is 0.896. The predicted molar refractivity (Wildman–Crippen MR) is 66.6 cm³/mol. The zero-order valence-corrected chi connectivity index (χ0v) is 10.3. The lowest BCUT2D eigenvalue weighted by atomic mass is 9.97. The lowest BCUT2D eigenvalue weighted by Crippen LogP contribution is -2.15. The standard InChI is InChI=1S/C13H15NO4/c1-3-9(12(15)16)6-8-4-5-11-10(7-8)14(2)13(17)18-11/h4-5,7,9H,3,6H2,1-2H3,(H,15,16). The summed E-state index contributed by atoms with van der Waals surface area (Å²) in [5, 5.41) is 9.03. The number of aromatic nitrogens is 1. The van der Waals surface area contributed by atoms with Crippen LogP contribution in [0, 0.1) is 5.92 Å². The Hall–Kier alpha value is -2.04. The highest BCUT2D eigenvalue weighted by molar-refractivity contribution is 5.74. The van der Waals surface area contributed by atoms with Gasteiger partial charge in [0.1, 0.15) is 0 Å². The van der Waals surface area contributed by atoms with Crippen molar-refractivity contribution < 1.29 is 14.3 Å². The summed E-state index contributed by atoms with van der Waals surface area (Å²) in [5.74, 6) is -1.60. The summed E-state index contributed by atoms with van der Waals surface area (Å²) in [7, 11) is 1.63. The van der Waals surface area contributed by atoms with Crippen molar-refractivity contribution in [3.8, 4) is 0 Å². The molecule has 0 saturated carbocycles. The molecule has 1 heterocycles. The van der Waals surface area contributed by atoms with E-state index in [4.69, 9.17) is 9.52 Å². The number of oxazole rings is 1.